The predicted molar refractivity (Wildman–Crippen MR) is 252 cm³/mol. The van der Waals surface area contributed by atoms with Crippen molar-refractivity contribution in [3.63, 3.8) is 0 Å². The number of benzene rings is 8. The Labute approximate surface area is 346 Å². The highest BCUT2D eigenvalue weighted by molar-refractivity contribution is 6.30. The molecule has 0 N–H and O–H groups in total. The molecule has 0 aliphatic carbocycles. The number of furan rings is 2. The Morgan fingerprint density at radius 2 is 0.850 bits per heavy atom. The molecule has 8 aromatic carbocycles. The zero-order valence-electron chi connectivity index (χ0n) is 33.2. The SMILES string of the molecule is C/C=C\c1c(/C=C\C)n(-c2ccc3oc4c(-c5ccccc5)c5oc6ccc(-n7c8ccccc8c8ccccc87)cc6c5c(-c5ccccc5)c4c3c2)c2ccccc12. The molecule has 0 radical (unpaired) electrons. The van der Waals surface area contributed by atoms with Crippen LogP contribution in [-0.4, -0.2) is 9.13 Å². The Kier molecular flexibility index (Phi) is 7.63. The van der Waals surface area contributed by atoms with Gasteiger partial charge in [-0.05, 0) is 85.6 Å². The maximum absolute atomic E-state index is 7.08. The maximum atomic E-state index is 7.08. The molecule has 0 spiro atoms. The van der Waals surface area contributed by atoms with Crippen molar-refractivity contribution in [2.24, 2.45) is 0 Å². The van der Waals surface area contributed by atoms with E-state index in [1.54, 1.807) is 0 Å². The summed E-state index contributed by atoms with van der Waals surface area (Å²) in [5, 5.41) is 7.90. The first-order chi connectivity index (χ1) is 29.7. The average Bonchev–Trinajstić information content (AvgIpc) is 4.04. The van der Waals surface area contributed by atoms with Crippen LogP contribution in [0.4, 0.5) is 0 Å². The van der Waals surface area contributed by atoms with Crippen molar-refractivity contribution in [2.75, 3.05) is 0 Å². The highest BCUT2D eigenvalue weighted by Gasteiger charge is 2.28. The van der Waals surface area contributed by atoms with Gasteiger partial charge in [0, 0.05) is 60.2 Å². The summed E-state index contributed by atoms with van der Waals surface area (Å²) in [5.74, 6) is 0. The second-order valence-electron chi connectivity index (χ2n) is 15.5. The smallest absolute Gasteiger partial charge is 0.147 e. The zero-order valence-corrected chi connectivity index (χ0v) is 33.2. The second kappa shape index (κ2) is 13.4. The van der Waals surface area contributed by atoms with Gasteiger partial charge in [0.05, 0.1) is 27.8 Å². The summed E-state index contributed by atoms with van der Waals surface area (Å²) < 4.78 is 18.9. The van der Waals surface area contributed by atoms with Crippen LogP contribution in [0.25, 0.3) is 122 Å². The maximum Gasteiger partial charge on any atom is 0.147 e. The number of para-hydroxylation sites is 3. The van der Waals surface area contributed by atoms with E-state index in [2.05, 4.69) is 217 Å². The normalized spacial score (nSPS) is 12.4. The zero-order chi connectivity index (χ0) is 39.9. The van der Waals surface area contributed by atoms with Crippen molar-refractivity contribution in [1.82, 2.24) is 9.13 Å². The van der Waals surface area contributed by atoms with Gasteiger partial charge in [-0.3, -0.25) is 0 Å². The van der Waals surface area contributed by atoms with Crippen LogP contribution in [0.2, 0.25) is 0 Å². The van der Waals surface area contributed by atoms with E-state index in [0.29, 0.717) is 0 Å². The van der Waals surface area contributed by atoms with Crippen molar-refractivity contribution in [3.8, 4) is 33.6 Å². The third kappa shape index (κ3) is 4.91. The number of fused-ring (bicyclic) bond motifs is 10. The third-order valence-electron chi connectivity index (χ3n) is 12.1. The van der Waals surface area contributed by atoms with Gasteiger partial charge in [0.25, 0.3) is 0 Å². The fourth-order valence-corrected chi connectivity index (χ4v) is 9.71. The highest BCUT2D eigenvalue weighted by Crippen LogP contribution is 2.51. The molecule has 4 aromatic heterocycles. The van der Waals surface area contributed by atoms with Gasteiger partial charge in [-0.25, -0.2) is 0 Å². The van der Waals surface area contributed by atoms with E-state index < -0.39 is 0 Å². The van der Waals surface area contributed by atoms with Crippen LogP contribution in [0.1, 0.15) is 25.1 Å². The number of aromatic nitrogens is 2. The van der Waals surface area contributed by atoms with Crippen LogP contribution < -0.4 is 0 Å². The largest absolute Gasteiger partial charge is 0.455 e. The molecule has 12 aromatic rings. The first kappa shape index (κ1) is 34.2. The molecule has 4 heteroatoms. The third-order valence-corrected chi connectivity index (χ3v) is 12.1. The lowest BCUT2D eigenvalue weighted by Gasteiger charge is -2.12. The van der Waals surface area contributed by atoms with E-state index in [9.17, 15) is 0 Å². The van der Waals surface area contributed by atoms with Crippen LogP contribution in [0.15, 0.2) is 191 Å². The first-order valence-corrected chi connectivity index (χ1v) is 20.6. The molecule has 4 nitrogen and oxygen atoms in total. The van der Waals surface area contributed by atoms with Gasteiger partial charge in [-0.1, -0.05) is 133 Å². The van der Waals surface area contributed by atoms with Gasteiger partial charge in [0.15, 0.2) is 0 Å². The molecular formula is C56H38N2O2. The summed E-state index contributed by atoms with van der Waals surface area (Å²) >= 11 is 0. The fraction of sp³-hybridized carbons (Fsp3) is 0.0357. The molecule has 0 saturated heterocycles. The molecule has 0 bridgehead atoms. The number of nitrogens with zero attached hydrogens (tertiary/aromatic N) is 2. The minimum Gasteiger partial charge on any atom is -0.455 e. The van der Waals surface area contributed by atoms with Gasteiger partial charge in [0.2, 0.25) is 0 Å². The summed E-state index contributed by atoms with van der Waals surface area (Å²) in [6, 6.07) is 60.6. The quantitative estimate of drug-likeness (QED) is 0.169. The standard InChI is InChI=1S/C56H38N2O2/c1-3-17-39-40-23-11-14-26-46(40)57(45(39)18-4-2)37-29-31-49-43(33-37)53-51(35-19-7-5-8-20-35)54-44-34-38(58-47-27-15-12-24-41(47)42-25-13-16-28-48(42)58)30-32-50(44)60-56(54)52(55(53)59-49)36-21-9-6-10-22-36/h3-34H,1-2H3/b17-3-,18-4-. The van der Waals surface area contributed by atoms with Crippen molar-refractivity contribution >= 4 is 88.7 Å². The van der Waals surface area contributed by atoms with Crippen molar-refractivity contribution < 1.29 is 8.83 Å². The Morgan fingerprint density at radius 1 is 0.400 bits per heavy atom. The first-order valence-electron chi connectivity index (χ1n) is 20.6. The molecule has 4 heterocycles. The highest BCUT2D eigenvalue weighted by atomic mass is 16.3. The number of rotatable bonds is 6. The van der Waals surface area contributed by atoms with E-state index in [0.717, 1.165) is 88.7 Å². The lowest BCUT2D eigenvalue weighted by molar-refractivity contribution is 0.658. The molecule has 284 valence electrons. The molecule has 0 fully saturated rings. The Morgan fingerprint density at radius 3 is 1.38 bits per heavy atom. The Balaban J connectivity index is 1.24. The van der Waals surface area contributed by atoms with Crippen molar-refractivity contribution in [2.45, 2.75) is 13.8 Å². The van der Waals surface area contributed by atoms with Crippen LogP contribution in [0.3, 0.4) is 0 Å². The van der Waals surface area contributed by atoms with Gasteiger partial charge in [-0.15, -0.1) is 0 Å². The van der Waals surface area contributed by atoms with Gasteiger partial charge in [-0.2, -0.15) is 0 Å². The molecule has 0 aliphatic rings. The number of hydrogen-bond acceptors (Lipinski definition) is 2. The molecule has 0 aliphatic heterocycles. The lowest BCUT2D eigenvalue weighted by atomic mass is 9.90. The topological polar surface area (TPSA) is 36.1 Å². The summed E-state index contributed by atoms with van der Waals surface area (Å²) in [6.07, 6.45) is 8.67. The molecule has 60 heavy (non-hydrogen) atoms. The van der Waals surface area contributed by atoms with Crippen molar-refractivity contribution in [3.05, 3.63) is 193 Å². The predicted octanol–water partition coefficient (Wildman–Crippen LogP) is 15.9. The van der Waals surface area contributed by atoms with Crippen molar-refractivity contribution in [1.29, 1.82) is 0 Å². The fourth-order valence-electron chi connectivity index (χ4n) is 9.71. The Bertz CT molecular complexity index is 3670. The molecule has 0 atom stereocenters. The minimum absolute atomic E-state index is 0.807. The number of hydrogen-bond donors (Lipinski definition) is 0. The van der Waals surface area contributed by atoms with Gasteiger partial charge in [0.1, 0.15) is 22.3 Å². The van der Waals surface area contributed by atoms with E-state index in [1.165, 1.54) is 32.8 Å². The van der Waals surface area contributed by atoms with Crippen LogP contribution in [-0.2, 0) is 0 Å². The molecule has 0 saturated carbocycles. The summed E-state index contributed by atoms with van der Waals surface area (Å²) in [5.41, 5.74) is 15.4. The lowest BCUT2D eigenvalue weighted by Crippen LogP contribution is -1.97. The van der Waals surface area contributed by atoms with Crippen LogP contribution in [0.5, 0.6) is 0 Å². The van der Waals surface area contributed by atoms with Crippen LogP contribution >= 0.6 is 0 Å². The monoisotopic (exact) mass is 770 g/mol. The van der Waals surface area contributed by atoms with E-state index in [-0.39, 0.29) is 0 Å². The molecular weight excluding hydrogens is 733 g/mol. The molecule has 12 rings (SSSR count). The van der Waals surface area contributed by atoms with E-state index in [4.69, 9.17) is 8.83 Å². The second-order valence-corrected chi connectivity index (χ2v) is 15.5. The number of allylic oxidation sites excluding steroid dienone is 2. The van der Waals surface area contributed by atoms with Gasteiger partial charge >= 0.3 is 0 Å². The van der Waals surface area contributed by atoms with Crippen LogP contribution in [0, 0.1) is 0 Å². The Hall–Kier alpha value is -7.82. The van der Waals surface area contributed by atoms with Gasteiger partial charge < -0.3 is 18.0 Å². The molecule has 0 unspecified atom stereocenters. The summed E-state index contributed by atoms with van der Waals surface area (Å²) in [6.45, 7) is 4.16. The van der Waals surface area contributed by atoms with E-state index >= 15 is 0 Å². The minimum atomic E-state index is 0.807. The van der Waals surface area contributed by atoms with E-state index in [1.807, 2.05) is 0 Å². The average molecular weight is 771 g/mol. The summed E-state index contributed by atoms with van der Waals surface area (Å²) in [4.78, 5) is 0. The molecule has 0 amide bonds. The summed E-state index contributed by atoms with van der Waals surface area (Å²) in [7, 11) is 0.